The highest BCUT2D eigenvalue weighted by molar-refractivity contribution is 6.43. The standard InChI is InChI=1S/C25H22ClN.C4H8/c1-4-27-25(24(19(3)26)23-13-9-8-10-18(23)2)22-16-14-21(15-17-22)20-11-6-5-7-12-20;1-3-4-2/h4-17H,1H2,2-3H3;3-4H,1-2H3/b24-19-,27-25?;4-3-. The van der Waals surface area contributed by atoms with Crippen molar-refractivity contribution < 1.29 is 0 Å². The van der Waals surface area contributed by atoms with Gasteiger partial charge in [0, 0.05) is 22.4 Å². The van der Waals surface area contributed by atoms with Crippen molar-refractivity contribution in [1.29, 1.82) is 0 Å². The Bertz CT molecular complexity index is 1060. The van der Waals surface area contributed by atoms with Crippen LogP contribution in [0, 0.1) is 6.92 Å². The minimum atomic E-state index is 0.706. The second kappa shape index (κ2) is 12.5. The van der Waals surface area contributed by atoms with E-state index in [0.29, 0.717) is 5.03 Å². The smallest absolute Gasteiger partial charge is 0.0791 e. The number of benzene rings is 3. The highest BCUT2D eigenvalue weighted by Gasteiger charge is 2.16. The van der Waals surface area contributed by atoms with E-state index in [0.717, 1.165) is 28.0 Å². The number of halogens is 1. The van der Waals surface area contributed by atoms with Crippen LogP contribution in [0.3, 0.4) is 0 Å². The van der Waals surface area contributed by atoms with E-state index >= 15 is 0 Å². The molecular formula is C29H30ClN. The molecule has 0 aliphatic carbocycles. The Balaban J connectivity index is 0.000000785. The lowest BCUT2D eigenvalue weighted by Gasteiger charge is -2.15. The van der Waals surface area contributed by atoms with Crippen LogP contribution in [0.5, 0.6) is 0 Å². The maximum absolute atomic E-state index is 6.52. The van der Waals surface area contributed by atoms with Gasteiger partial charge in [-0.15, -0.1) is 0 Å². The van der Waals surface area contributed by atoms with Gasteiger partial charge in [0.1, 0.15) is 0 Å². The third-order valence-corrected chi connectivity index (χ3v) is 5.00. The fourth-order valence-corrected chi connectivity index (χ4v) is 3.35. The van der Waals surface area contributed by atoms with Crippen molar-refractivity contribution in [2.75, 3.05) is 0 Å². The molecule has 0 saturated carbocycles. The average molecular weight is 428 g/mol. The average Bonchev–Trinajstić information content (AvgIpc) is 2.80. The summed E-state index contributed by atoms with van der Waals surface area (Å²) in [5.41, 5.74) is 7.36. The Labute approximate surface area is 192 Å². The third-order valence-electron chi connectivity index (χ3n) is 4.81. The lowest BCUT2D eigenvalue weighted by Crippen LogP contribution is -2.07. The van der Waals surface area contributed by atoms with Crippen molar-refractivity contribution in [2.45, 2.75) is 27.7 Å². The zero-order valence-corrected chi connectivity index (χ0v) is 19.5. The summed E-state index contributed by atoms with van der Waals surface area (Å²) in [5, 5.41) is 0.706. The Morgan fingerprint density at radius 3 is 1.87 bits per heavy atom. The second-order valence-electron chi connectivity index (χ2n) is 6.99. The SMILES string of the molecule is C/C=C\C.C=CN=C(/C(=C(/C)Cl)c1ccccc1C)c1ccc(-c2ccccc2)cc1. The van der Waals surface area contributed by atoms with Gasteiger partial charge >= 0.3 is 0 Å². The van der Waals surface area contributed by atoms with Gasteiger partial charge in [0.25, 0.3) is 0 Å². The van der Waals surface area contributed by atoms with E-state index in [1.54, 1.807) is 6.20 Å². The van der Waals surface area contributed by atoms with Crippen molar-refractivity contribution in [3.05, 3.63) is 126 Å². The Morgan fingerprint density at radius 2 is 1.35 bits per heavy atom. The first kappa shape index (κ1) is 24.1. The summed E-state index contributed by atoms with van der Waals surface area (Å²) in [5.74, 6) is 0. The summed E-state index contributed by atoms with van der Waals surface area (Å²) < 4.78 is 0. The predicted molar refractivity (Wildman–Crippen MR) is 139 cm³/mol. The number of allylic oxidation sites excluding steroid dienone is 4. The molecule has 0 radical (unpaired) electrons. The highest BCUT2D eigenvalue weighted by Crippen LogP contribution is 2.30. The van der Waals surface area contributed by atoms with Gasteiger partial charge in [-0.3, -0.25) is 4.99 Å². The van der Waals surface area contributed by atoms with E-state index < -0.39 is 0 Å². The molecule has 0 unspecified atom stereocenters. The summed E-state index contributed by atoms with van der Waals surface area (Å²) in [6.45, 7) is 11.8. The van der Waals surface area contributed by atoms with E-state index in [2.05, 4.69) is 67.0 Å². The molecule has 3 rings (SSSR count). The first-order valence-corrected chi connectivity index (χ1v) is 10.8. The van der Waals surface area contributed by atoms with Crippen LogP contribution < -0.4 is 0 Å². The number of rotatable bonds is 5. The minimum Gasteiger partial charge on any atom is -0.256 e. The molecule has 158 valence electrons. The summed E-state index contributed by atoms with van der Waals surface area (Å²) in [6.07, 6.45) is 5.57. The van der Waals surface area contributed by atoms with Crippen molar-refractivity contribution >= 4 is 22.9 Å². The first-order chi connectivity index (χ1) is 15.0. The lowest BCUT2D eigenvalue weighted by molar-refractivity contribution is 1.42. The number of aliphatic imine (C=N–C) groups is 1. The molecule has 0 saturated heterocycles. The molecule has 0 atom stereocenters. The molecular weight excluding hydrogens is 398 g/mol. The predicted octanol–water partition coefficient (Wildman–Crippen LogP) is 8.85. The summed E-state index contributed by atoms with van der Waals surface area (Å²) in [7, 11) is 0. The third kappa shape index (κ3) is 6.67. The molecule has 0 aliphatic heterocycles. The molecule has 0 amide bonds. The molecule has 0 bridgehead atoms. The van der Waals surface area contributed by atoms with Crippen LogP contribution in [-0.4, -0.2) is 5.71 Å². The second-order valence-corrected chi connectivity index (χ2v) is 7.56. The molecule has 0 heterocycles. The zero-order chi connectivity index (χ0) is 22.6. The molecule has 3 aromatic carbocycles. The fourth-order valence-electron chi connectivity index (χ4n) is 3.16. The van der Waals surface area contributed by atoms with Gasteiger partial charge in [0.2, 0.25) is 0 Å². The van der Waals surface area contributed by atoms with Crippen molar-refractivity contribution in [2.24, 2.45) is 4.99 Å². The molecule has 0 N–H and O–H groups in total. The monoisotopic (exact) mass is 427 g/mol. The van der Waals surface area contributed by atoms with E-state index in [1.165, 1.54) is 11.1 Å². The van der Waals surface area contributed by atoms with Crippen LogP contribution in [0.2, 0.25) is 0 Å². The van der Waals surface area contributed by atoms with Gasteiger partial charge in [-0.1, -0.05) is 109 Å². The van der Waals surface area contributed by atoms with Crippen LogP contribution in [-0.2, 0) is 0 Å². The van der Waals surface area contributed by atoms with E-state index in [1.807, 2.05) is 63.3 Å². The molecule has 1 nitrogen and oxygen atoms in total. The summed E-state index contributed by atoms with van der Waals surface area (Å²) in [6, 6.07) is 26.9. The van der Waals surface area contributed by atoms with Gasteiger partial charge in [-0.25, -0.2) is 0 Å². The van der Waals surface area contributed by atoms with Crippen LogP contribution in [0.25, 0.3) is 16.7 Å². The topological polar surface area (TPSA) is 12.4 Å². The largest absolute Gasteiger partial charge is 0.256 e. The van der Waals surface area contributed by atoms with Crippen LogP contribution in [0.15, 0.2) is 114 Å². The van der Waals surface area contributed by atoms with Gasteiger partial charge in [-0.2, -0.15) is 0 Å². The molecule has 0 fully saturated rings. The van der Waals surface area contributed by atoms with E-state index in [9.17, 15) is 0 Å². The zero-order valence-electron chi connectivity index (χ0n) is 18.8. The van der Waals surface area contributed by atoms with Gasteiger partial charge in [-0.05, 0) is 49.9 Å². The number of hydrogen-bond donors (Lipinski definition) is 0. The Morgan fingerprint density at radius 1 is 0.806 bits per heavy atom. The van der Waals surface area contributed by atoms with E-state index in [4.69, 9.17) is 11.6 Å². The maximum atomic E-state index is 6.52. The van der Waals surface area contributed by atoms with Crippen LogP contribution in [0.1, 0.15) is 37.5 Å². The van der Waals surface area contributed by atoms with Crippen molar-refractivity contribution in [3.8, 4) is 11.1 Å². The highest BCUT2D eigenvalue weighted by atomic mass is 35.5. The Hall–Kier alpha value is -3.16. The first-order valence-electron chi connectivity index (χ1n) is 10.4. The van der Waals surface area contributed by atoms with Gasteiger partial charge in [0.05, 0.1) is 5.71 Å². The summed E-state index contributed by atoms with van der Waals surface area (Å²) >= 11 is 6.52. The quantitative estimate of drug-likeness (QED) is 0.284. The molecule has 0 spiro atoms. The molecule has 2 heteroatoms. The molecule has 31 heavy (non-hydrogen) atoms. The van der Waals surface area contributed by atoms with Crippen LogP contribution >= 0.6 is 11.6 Å². The minimum absolute atomic E-state index is 0.706. The van der Waals surface area contributed by atoms with Crippen molar-refractivity contribution in [1.82, 2.24) is 0 Å². The number of hydrogen-bond acceptors (Lipinski definition) is 1. The van der Waals surface area contributed by atoms with Gasteiger partial charge in [0.15, 0.2) is 0 Å². The normalized spacial score (nSPS) is 12.1. The van der Waals surface area contributed by atoms with Gasteiger partial charge < -0.3 is 0 Å². The Kier molecular flexibility index (Phi) is 9.74. The maximum Gasteiger partial charge on any atom is 0.0791 e. The van der Waals surface area contributed by atoms with E-state index in [-0.39, 0.29) is 0 Å². The summed E-state index contributed by atoms with van der Waals surface area (Å²) in [4.78, 5) is 4.57. The van der Waals surface area contributed by atoms with Crippen LogP contribution in [0.4, 0.5) is 0 Å². The van der Waals surface area contributed by atoms with Crippen molar-refractivity contribution in [3.63, 3.8) is 0 Å². The number of aryl methyl sites for hydroxylation is 1. The molecule has 0 aliphatic rings. The molecule has 0 aromatic heterocycles. The fraction of sp³-hybridized carbons (Fsp3) is 0.138. The molecule has 3 aromatic rings. The number of nitrogens with zero attached hydrogens (tertiary/aromatic N) is 1. The lowest BCUT2D eigenvalue weighted by atomic mass is 9.91.